The van der Waals surface area contributed by atoms with Crippen LogP contribution in [0.25, 0.3) is 0 Å². The lowest BCUT2D eigenvalue weighted by Gasteiger charge is -2.36. The Labute approximate surface area is 173 Å². The molecule has 0 spiro atoms. The second-order valence-corrected chi connectivity index (χ2v) is 8.64. The lowest BCUT2D eigenvalue weighted by molar-refractivity contribution is -0.131. The van der Waals surface area contributed by atoms with Crippen molar-refractivity contribution < 1.29 is 9.59 Å². The molecule has 1 aliphatic heterocycles. The molecule has 0 saturated carbocycles. The van der Waals surface area contributed by atoms with Gasteiger partial charge >= 0.3 is 0 Å². The van der Waals surface area contributed by atoms with E-state index < -0.39 is 0 Å². The maximum atomic E-state index is 12.7. The average molecular weight is 423 g/mol. The summed E-state index contributed by atoms with van der Waals surface area (Å²) < 4.78 is 0. The minimum atomic E-state index is -0.165. The van der Waals surface area contributed by atoms with Gasteiger partial charge in [0, 0.05) is 46.7 Å². The zero-order chi connectivity index (χ0) is 19.4. The van der Waals surface area contributed by atoms with Crippen LogP contribution in [0, 0.1) is 0 Å². The fourth-order valence-corrected chi connectivity index (χ4v) is 4.50. The highest BCUT2D eigenvalue weighted by molar-refractivity contribution is 8.00. The van der Waals surface area contributed by atoms with Gasteiger partial charge in [-0.05, 0) is 37.3 Å². The molecule has 4 nitrogen and oxygen atoms in total. The van der Waals surface area contributed by atoms with Crippen LogP contribution in [-0.4, -0.2) is 53.0 Å². The average Bonchev–Trinajstić information content (AvgIpc) is 2.67. The lowest BCUT2D eigenvalue weighted by Crippen LogP contribution is -2.52. The molecule has 0 aliphatic carbocycles. The van der Waals surface area contributed by atoms with Crippen molar-refractivity contribution in [1.29, 1.82) is 0 Å². The lowest BCUT2D eigenvalue weighted by atomic mass is 10.1. The predicted octanol–water partition coefficient (Wildman–Crippen LogP) is 4.46. The van der Waals surface area contributed by atoms with Crippen LogP contribution in [0.5, 0.6) is 0 Å². The Bertz CT molecular complexity index is 804. The van der Waals surface area contributed by atoms with E-state index in [2.05, 4.69) is 0 Å². The number of nitrogens with zero attached hydrogens (tertiary/aromatic N) is 2. The molecular weight excluding hydrogens is 403 g/mol. The third kappa shape index (κ3) is 5.18. The summed E-state index contributed by atoms with van der Waals surface area (Å²) in [5, 5.41) is 0.708. The number of hydrogen-bond donors (Lipinski definition) is 0. The Kier molecular flexibility index (Phi) is 6.68. The van der Waals surface area contributed by atoms with E-state index in [-0.39, 0.29) is 17.1 Å². The van der Waals surface area contributed by atoms with Crippen LogP contribution in [-0.2, 0) is 4.79 Å². The fraction of sp³-hybridized carbons (Fsp3) is 0.300. The van der Waals surface area contributed by atoms with E-state index in [1.807, 2.05) is 42.2 Å². The van der Waals surface area contributed by atoms with Gasteiger partial charge in [-0.1, -0.05) is 41.4 Å². The number of hydrogen-bond acceptors (Lipinski definition) is 3. The van der Waals surface area contributed by atoms with Gasteiger partial charge in [0.1, 0.15) is 0 Å². The molecular formula is C20H20Cl2N2O2S. The zero-order valence-corrected chi connectivity index (χ0v) is 17.2. The van der Waals surface area contributed by atoms with Crippen LogP contribution in [0.1, 0.15) is 17.3 Å². The normalized spacial score (nSPS) is 15.5. The topological polar surface area (TPSA) is 40.6 Å². The van der Waals surface area contributed by atoms with Crippen LogP contribution in [0.4, 0.5) is 0 Å². The van der Waals surface area contributed by atoms with E-state index in [0.717, 1.165) is 4.90 Å². The molecule has 0 N–H and O–H groups in total. The summed E-state index contributed by atoms with van der Waals surface area (Å²) in [5.41, 5.74) is 0.472. The highest BCUT2D eigenvalue weighted by Crippen LogP contribution is 2.25. The number of rotatable bonds is 4. The van der Waals surface area contributed by atoms with Gasteiger partial charge in [0.25, 0.3) is 5.91 Å². The molecule has 1 unspecified atom stereocenters. The third-order valence-electron chi connectivity index (χ3n) is 4.39. The van der Waals surface area contributed by atoms with Crippen molar-refractivity contribution in [3.8, 4) is 0 Å². The van der Waals surface area contributed by atoms with E-state index >= 15 is 0 Å². The van der Waals surface area contributed by atoms with Gasteiger partial charge in [-0.3, -0.25) is 9.59 Å². The first-order valence-corrected chi connectivity index (χ1v) is 10.3. The number of halogens is 2. The van der Waals surface area contributed by atoms with E-state index in [0.29, 0.717) is 41.8 Å². The van der Waals surface area contributed by atoms with Gasteiger partial charge < -0.3 is 9.80 Å². The largest absolute Gasteiger partial charge is 0.338 e. The SMILES string of the molecule is CC(Sc1ccccc1)C(=O)N1CCN(C(=O)c2cc(Cl)cc(Cl)c2)CC1. The standard InChI is InChI=1S/C20H20Cl2N2O2S/c1-14(27-18-5-3-2-4-6-18)19(25)23-7-9-24(10-8-23)20(26)15-11-16(21)13-17(22)12-15/h2-6,11-14H,7-10H2,1H3. The Hall–Kier alpha value is -1.69. The van der Waals surface area contributed by atoms with Crippen LogP contribution >= 0.6 is 35.0 Å². The first-order chi connectivity index (χ1) is 12.9. The van der Waals surface area contributed by atoms with Gasteiger partial charge in [0.15, 0.2) is 0 Å². The van der Waals surface area contributed by atoms with Crippen molar-refractivity contribution in [2.75, 3.05) is 26.2 Å². The summed E-state index contributed by atoms with van der Waals surface area (Å²) in [6.45, 7) is 3.97. The molecule has 1 fully saturated rings. The van der Waals surface area contributed by atoms with Crippen molar-refractivity contribution in [3.63, 3.8) is 0 Å². The van der Waals surface area contributed by atoms with Gasteiger partial charge in [0.2, 0.25) is 5.91 Å². The van der Waals surface area contributed by atoms with Gasteiger partial charge in [-0.15, -0.1) is 11.8 Å². The minimum absolute atomic E-state index is 0.0988. The molecule has 1 heterocycles. The van der Waals surface area contributed by atoms with Crippen molar-refractivity contribution in [2.24, 2.45) is 0 Å². The number of thioether (sulfide) groups is 1. The van der Waals surface area contributed by atoms with Crippen LogP contribution in [0.2, 0.25) is 10.0 Å². The van der Waals surface area contributed by atoms with E-state index in [9.17, 15) is 9.59 Å². The van der Waals surface area contributed by atoms with Crippen LogP contribution in [0.15, 0.2) is 53.4 Å². The summed E-state index contributed by atoms with van der Waals surface area (Å²) in [5.74, 6) is -0.0139. The first-order valence-electron chi connectivity index (χ1n) is 8.70. The molecule has 142 valence electrons. The van der Waals surface area contributed by atoms with Crippen molar-refractivity contribution in [1.82, 2.24) is 9.80 Å². The molecule has 3 rings (SSSR count). The Morgan fingerprint density at radius 3 is 2.07 bits per heavy atom. The Morgan fingerprint density at radius 1 is 0.926 bits per heavy atom. The molecule has 27 heavy (non-hydrogen) atoms. The minimum Gasteiger partial charge on any atom is -0.338 e. The van der Waals surface area contributed by atoms with E-state index in [4.69, 9.17) is 23.2 Å². The van der Waals surface area contributed by atoms with Crippen LogP contribution < -0.4 is 0 Å². The number of carbonyl (C=O) groups is 2. The summed E-state index contributed by atoms with van der Waals surface area (Å²) in [6.07, 6.45) is 0. The van der Waals surface area contributed by atoms with Crippen molar-refractivity contribution in [3.05, 3.63) is 64.1 Å². The van der Waals surface area contributed by atoms with Gasteiger partial charge in [0.05, 0.1) is 5.25 Å². The number of carbonyl (C=O) groups excluding carboxylic acids is 2. The molecule has 2 aromatic carbocycles. The molecule has 0 radical (unpaired) electrons. The van der Waals surface area contributed by atoms with Crippen molar-refractivity contribution in [2.45, 2.75) is 17.1 Å². The molecule has 7 heteroatoms. The van der Waals surface area contributed by atoms with E-state index in [1.165, 1.54) is 0 Å². The highest BCUT2D eigenvalue weighted by Gasteiger charge is 2.28. The molecule has 0 bridgehead atoms. The quantitative estimate of drug-likeness (QED) is 0.682. The fourth-order valence-electron chi connectivity index (χ4n) is 3.00. The molecule has 2 aromatic rings. The smallest absolute Gasteiger partial charge is 0.254 e. The maximum absolute atomic E-state index is 12.7. The molecule has 2 amide bonds. The highest BCUT2D eigenvalue weighted by atomic mass is 35.5. The van der Waals surface area contributed by atoms with Gasteiger partial charge in [-0.2, -0.15) is 0 Å². The molecule has 0 aromatic heterocycles. The summed E-state index contributed by atoms with van der Waals surface area (Å²) in [4.78, 5) is 30.0. The van der Waals surface area contributed by atoms with E-state index in [1.54, 1.807) is 34.9 Å². The molecule has 1 aliphatic rings. The van der Waals surface area contributed by atoms with Crippen LogP contribution in [0.3, 0.4) is 0 Å². The monoisotopic (exact) mass is 422 g/mol. The number of amides is 2. The predicted molar refractivity (Wildman–Crippen MR) is 111 cm³/mol. The second kappa shape index (κ2) is 9.00. The summed E-state index contributed by atoms with van der Waals surface area (Å²) in [6, 6.07) is 14.7. The summed E-state index contributed by atoms with van der Waals surface area (Å²) >= 11 is 13.5. The molecule has 1 atom stereocenters. The van der Waals surface area contributed by atoms with Crippen molar-refractivity contribution >= 4 is 46.8 Å². The summed E-state index contributed by atoms with van der Waals surface area (Å²) in [7, 11) is 0. The Morgan fingerprint density at radius 2 is 1.48 bits per heavy atom. The zero-order valence-electron chi connectivity index (χ0n) is 14.9. The second-order valence-electron chi connectivity index (χ2n) is 6.35. The maximum Gasteiger partial charge on any atom is 0.254 e. The number of piperazine rings is 1. The first kappa shape index (κ1) is 20.1. The molecule has 1 saturated heterocycles. The third-order valence-corrected chi connectivity index (χ3v) is 5.93. The van der Waals surface area contributed by atoms with Gasteiger partial charge in [-0.25, -0.2) is 0 Å². The number of benzene rings is 2. The Balaban J connectivity index is 1.56.